The van der Waals surface area contributed by atoms with Crippen molar-refractivity contribution in [3.8, 4) is 0 Å². The van der Waals surface area contributed by atoms with Gasteiger partial charge in [-0.3, -0.25) is 4.98 Å². The number of ether oxygens (including phenoxy) is 1. The van der Waals surface area contributed by atoms with Crippen LogP contribution in [0.4, 0.5) is 0 Å². The summed E-state index contributed by atoms with van der Waals surface area (Å²) in [6, 6.07) is 4.21. The summed E-state index contributed by atoms with van der Waals surface area (Å²) in [6.45, 7) is 10.1. The molecule has 21 heavy (non-hydrogen) atoms. The lowest BCUT2D eigenvalue weighted by molar-refractivity contribution is 0.114. The average molecular weight is 292 g/mol. The minimum absolute atomic E-state index is 0.632. The molecule has 0 fully saturated rings. The van der Waals surface area contributed by atoms with Crippen LogP contribution in [0.5, 0.6) is 0 Å². The van der Waals surface area contributed by atoms with E-state index in [2.05, 4.69) is 43.2 Å². The van der Waals surface area contributed by atoms with E-state index >= 15 is 0 Å². The van der Waals surface area contributed by atoms with E-state index in [9.17, 15) is 0 Å². The molecule has 0 aromatic carbocycles. The van der Waals surface area contributed by atoms with Crippen LogP contribution in [0.15, 0.2) is 18.3 Å². The highest BCUT2D eigenvalue weighted by molar-refractivity contribution is 5.13. The zero-order chi connectivity index (χ0) is 15.3. The summed E-state index contributed by atoms with van der Waals surface area (Å²) < 4.78 is 5.67. The van der Waals surface area contributed by atoms with Crippen LogP contribution in [0.25, 0.3) is 0 Å². The van der Waals surface area contributed by atoms with Gasteiger partial charge in [0.15, 0.2) is 0 Å². The van der Waals surface area contributed by atoms with Gasteiger partial charge in [0.25, 0.3) is 0 Å². The number of unbranched alkanes of at least 4 members (excludes halogenated alkanes) is 4. The Hall–Kier alpha value is -0.930. The molecule has 1 aromatic rings. The van der Waals surface area contributed by atoms with Crippen LogP contribution < -0.4 is 5.32 Å². The largest absolute Gasteiger partial charge is 0.375 e. The molecule has 1 rings (SSSR count). The lowest BCUT2D eigenvalue weighted by atomic mass is 10.2. The van der Waals surface area contributed by atoms with E-state index in [1.54, 1.807) is 0 Å². The van der Waals surface area contributed by atoms with E-state index in [1.165, 1.54) is 31.2 Å². The van der Waals surface area contributed by atoms with Gasteiger partial charge in [-0.05, 0) is 30.5 Å². The van der Waals surface area contributed by atoms with Crippen LogP contribution >= 0.6 is 0 Å². The maximum absolute atomic E-state index is 5.67. The Kier molecular flexibility index (Phi) is 10.1. The summed E-state index contributed by atoms with van der Waals surface area (Å²) in [5.41, 5.74) is 2.26. The molecular weight excluding hydrogens is 260 g/mol. The molecule has 0 amide bonds. The Balaban J connectivity index is 2.10. The lowest BCUT2D eigenvalue weighted by Crippen LogP contribution is -2.19. The SMILES string of the molecule is CCCCCCCOCc1ccc(CNCC(C)C)cn1. The van der Waals surface area contributed by atoms with Crippen molar-refractivity contribution in [2.75, 3.05) is 13.2 Å². The molecule has 3 heteroatoms. The highest BCUT2D eigenvalue weighted by atomic mass is 16.5. The first kappa shape index (κ1) is 18.1. The quantitative estimate of drug-likeness (QED) is 0.583. The van der Waals surface area contributed by atoms with E-state index in [1.807, 2.05) is 6.20 Å². The van der Waals surface area contributed by atoms with Gasteiger partial charge in [0, 0.05) is 19.3 Å². The molecular formula is C18H32N2O. The molecule has 0 atom stereocenters. The Morgan fingerprint density at radius 1 is 1.14 bits per heavy atom. The summed E-state index contributed by atoms with van der Waals surface area (Å²) in [5.74, 6) is 0.683. The molecule has 1 heterocycles. The maximum Gasteiger partial charge on any atom is 0.0887 e. The van der Waals surface area contributed by atoms with Gasteiger partial charge in [0.05, 0.1) is 12.3 Å². The third-order valence-corrected chi connectivity index (χ3v) is 3.41. The van der Waals surface area contributed by atoms with Crippen LogP contribution in [-0.2, 0) is 17.9 Å². The zero-order valence-electron chi connectivity index (χ0n) is 14.0. The van der Waals surface area contributed by atoms with Crippen molar-refractivity contribution in [2.45, 2.75) is 66.0 Å². The second kappa shape index (κ2) is 11.7. The monoisotopic (exact) mass is 292 g/mol. The van der Waals surface area contributed by atoms with E-state index in [0.29, 0.717) is 12.5 Å². The minimum atomic E-state index is 0.632. The van der Waals surface area contributed by atoms with Crippen LogP contribution in [-0.4, -0.2) is 18.1 Å². The van der Waals surface area contributed by atoms with Crippen LogP contribution in [0.3, 0.4) is 0 Å². The summed E-state index contributed by atoms with van der Waals surface area (Å²) in [4.78, 5) is 4.46. The van der Waals surface area contributed by atoms with Crippen LogP contribution in [0, 0.1) is 5.92 Å². The van der Waals surface area contributed by atoms with Crippen LogP contribution in [0.1, 0.15) is 64.1 Å². The molecule has 0 radical (unpaired) electrons. The summed E-state index contributed by atoms with van der Waals surface area (Å²) >= 11 is 0. The fourth-order valence-electron chi connectivity index (χ4n) is 2.13. The predicted octanol–water partition coefficient (Wildman–Crippen LogP) is 4.31. The molecule has 1 aromatic heterocycles. The third kappa shape index (κ3) is 9.59. The highest BCUT2D eigenvalue weighted by Crippen LogP contribution is 2.05. The second-order valence-corrected chi connectivity index (χ2v) is 6.15. The van der Waals surface area contributed by atoms with E-state index < -0.39 is 0 Å². The van der Waals surface area contributed by atoms with Crippen molar-refractivity contribution >= 4 is 0 Å². The topological polar surface area (TPSA) is 34.1 Å². The predicted molar refractivity (Wildman–Crippen MR) is 89.2 cm³/mol. The molecule has 3 nitrogen and oxygen atoms in total. The van der Waals surface area contributed by atoms with Crippen molar-refractivity contribution in [3.05, 3.63) is 29.6 Å². The molecule has 0 bridgehead atoms. The molecule has 120 valence electrons. The molecule has 1 N–H and O–H groups in total. The number of rotatable bonds is 12. The Labute approximate surface area is 130 Å². The number of hydrogen-bond acceptors (Lipinski definition) is 3. The first-order valence-corrected chi connectivity index (χ1v) is 8.44. The standard InChI is InChI=1S/C18H32N2O/c1-4-5-6-7-8-11-21-15-18-10-9-17(14-20-18)13-19-12-16(2)3/h9-10,14,16,19H,4-8,11-13,15H2,1-3H3. The fraction of sp³-hybridized carbons (Fsp3) is 0.722. The first-order chi connectivity index (χ1) is 10.2. The minimum Gasteiger partial charge on any atom is -0.375 e. The Bertz CT molecular complexity index is 349. The number of pyridine rings is 1. The second-order valence-electron chi connectivity index (χ2n) is 6.15. The summed E-state index contributed by atoms with van der Waals surface area (Å²) in [7, 11) is 0. The van der Waals surface area contributed by atoms with E-state index in [0.717, 1.165) is 31.8 Å². The van der Waals surface area contributed by atoms with Crippen molar-refractivity contribution < 1.29 is 4.74 Å². The molecule has 0 saturated heterocycles. The van der Waals surface area contributed by atoms with Gasteiger partial charge >= 0.3 is 0 Å². The van der Waals surface area contributed by atoms with Gasteiger partial charge in [0.2, 0.25) is 0 Å². The molecule has 0 aliphatic heterocycles. The fourth-order valence-corrected chi connectivity index (χ4v) is 2.13. The van der Waals surface area contributed by atoms with Gasteiger partial charge in [0.1, 0.15) is 0 Å². The summed E-state index contributed by atoms with van der Waals surface area (Å²) in [6.07, 6.45) is 8.36. The Morgan fingerprint density at radius 3 is 2.62 bits per heavy atom. The van der Waals surface area contributed by atoms with Crippen molar-refractivity contribution in [3.63, 3.8) is 0 Å². The third-order valence-electron chi connectivity index (χ3n) is 3.41. The molecule has 0 aliphatic rings. The maximum atomic E-state index is 5.67. The van der Waals surface area contributed by atoms with E-state index in [4.69, 9.17) is 4.74 Å². The number of hydrogen-bond donors (Lipinski definition) is 1. The van der Waals surface area contributed by atoms with Gasteiger partial charge in [-0.1, -0.05) is 52.5 Å². The van der Waals surface area contributed by atoms with Crippen molar-refractivity contribution in [1.29, 1.82) is 0 Å². The van der Waals surface area contributed by atoms with E-state index in [-0.39, 0.29) is 0 Å². The van der Waals surface area contributed by atoms with Gasteiger partial charge in [-0.2, -0.15) is 0 Å². The molecule has 0 saturated carbocycles. The van der Waals surface area contributed by atoms with Crippen LogP contribution in [0.2, 0.25) is 0 Å². The first-order valence-electron chi connectivity index (χ1n) is 8.44. The number of nitrogens with one attached hydrogen (secondary N) is 1. The molecule has 0 aliphatic carbocycles. The smallest absolute Gasteiger partial charge is 0.0887 e. The molecule has 0 spiro atoms. The normalized spacial score (nSPS) is 11.2. The zero-order valence-corrected chi connectivity index (χ0v) is 14.0. The number of aromatic nitrogens is 1. The highest BCUT2D eigenvalue weighted by Gasteiger charge is 1.98. The van der Waals surface area contributed by atoms with Gasteiger partial charge in [-0.25, -0.2) is 0 Å². The lowest BCUT2D eigenvalue weighted by Gasteiger charge is -2.08. The van der Waals surface area contributed by atoms with Crippen molar-refractivity contribution in [2.24, 2.45) is 5.92 Å². The van der Waals surface area contributed by atoms with Gasteiger partial charge < -0.3 is 10.1 Å². The number of nitrogens with zero attached hydrogens (tertiary/aromatic N) is 1. The van der Waals surface area contributed by atoms with Gasteiger partial charge in [-0.15, -0.1) is 0 Å². The Morgan fingerprint density at radius 2 is 1.95 bits per heavy atom. The average Bonchev–Trinajstić information content (AvgIpc) is 2.47. The summed E-state index contributed by atoms with van der Waals surface area (Å²) in [5, 5.41) is 3.43. The molecule has 0 unspecified atom stereocenters. The van der Waals surface area contributed by atoms with Crippen molar-refractivity contribution in [1.82, 2.24) is 10.3 Å².